The molecule has 1 N–H and O–H groups in total. The van der Waals surface area contributed by atoms with Crippen LogP contribution in [0.2, 0.25) is 0 Å². The quantitative estimate of drug-likeness (QED) is 0.786. The van der Waals surface area contributed by atoms with Crippen molar-refractivity contribution in [2.75, 3.05) is 12.4 Å². The van der Waals surface area contributed by atoms with Gasteiger partial charge < -0.3 is 10.1 Å². The molecular weight excluding hydrogens is 250 g/mol. The van der Waals surface area contributed by atoms with E-state index in [2.05, 4.69) is 21.4 Å². The van der Waals surface area contributed by atoms with E-state index in [1.807, 2.05) is 37.4 Å². The summed E-state index contributed by atoms with van der Waals surface area (Å²) in [7, 11) is 1.90. The van der Waals surface area contributed by atoms with Crippen molar-refractivity contribution in [1.29, 1.82) is 0 Å². The smallest absolute Gasteiger partial charge is 0.221 e. The minimum atomic E-state index is 0.466. The summed E-state index contributed by atoms with van der Waals surface area (Å²) in [6, 6.07) is 12.0. The highest BCUT2D eigenvalue weighted by atomic mass is 16.5. The zero-order valence-electron chi connectivity index (χ0n) is 11.2. The highest BCUT2D eigenvalue weighted by Crippen LogP contribution is 2.26. The molecule has 0 atom stereocenters. The van der Waals surface area contributed by atoms with Gasteiger partial charge in [-0.25, -0.2) is 4.98 Å². The average molecular weight is 265 g/mol. The Morgan fingerprint density at radius 3 is 2.90 bits per heavy atom. The first-order valence-corrected chi connectivity index (χ1v) is 6.45. The summed E-state index contributed by atoms with van der Waals surface area (Å²) in [4.78, 5) is 8.39. The highest BCUT2D eigenvalue weighted by molar-refractivity contribution is 5.89. The fraction of sp³-hybridized carbons (Fsp3) is 0.125. The maximum atomic E-state index is 5.81. The first-order valence-electron chi connectivity index (χ1n) is 6.45. The fourth-order valence-electron chi connectivity index (χ4n) is 2.06. The molecule has 2 aromatic heterocycles. The SMILES string of the molecule is CNc1ccc2c(OCc3cccnc3)nccc2c1. The van der Waals surface area contributed by atoms with Crippen molar-refractivity contribution in [1.82, 2.24) is 9.97 Å². The molecule has 4 nitrogen and oxygen atoms in total. The molecule has 0 aliphatic carbocycles. The number of pyridine rings is 2. The molecule has 3 rings (SSSR count). The third-order valence-corrected chi connectivity index (χ3v) is 3.11. The summed E-state index contributed by atoms with van der Waals surface area (Å²) in [5.41, 5.74) is 2.10. The Balaban J connectivity index is 1.88. The second-order valence-electron chi connectivity index (χ2n) is 4.45. The molecule has 0 spiro atoms. The number of anilines is 1. The Labute approximate surface area is 117 Å². The van der Waals surface area contributed by atoms with Gasteiger partial charge in [0.25, 0.3) is 0 Å². The molecule has 0 saturated heterocycles. The molecule has 1 aromatic carbocycles. The van der Waals surface area contributed by atoms with Crippen LogP contribution in [0.4, 0.5) is 5.69 Å². The second kappa shape index (κ2) is 5.57. The number of fused-ring (bicyclic) bond motifs is 1. The summed E-state index contributed by atoms with van der Waals surface area (Å²) in [5.74, 6) is 0.647. The summed E-state index contributed by atoms with van der Waals surface area (Å²) < 4.78 is 5.81. The number of nitrogens with zero attached hydrogens (tertiary/aromatic N) is 2. The van der Waals surface area contributed by atoms with Crippen molar-refractivity contribution in [2.45, 2.75) is 6.61 Å². The number of hydrogen-bond acceptors (Lipinski definition) is 4. The maximum absolute atomic E-state index is 5.81. The highest BCUT2D eigenvalue weighted by Gasteiger charge is 2.04. The largest absolute Gasteiger partial charge is 0.472 e. The summed E-state index contributed by atoms with van der Waals surface area (Å²) in [6.45, 7) is 0.466. The molecule has 0 saturated carbocycles. The van der Waals surface area contributed by atoms with Crippen LogP contribution < -0.4 is 10.1 Å². The average Bonchev–Trinajstić information content (AvgIpc) is 2.53. The number of nitrogens with one attached hydrogen (secondary N) is 1. The number of hydrogen-bond donors (Lipinski definition) is 1. The predicted molar refractivity (Wildman–Crippen MR) is 79.9 cm³/mol. The lowest BCUT2D eigenvalue weighted by molar-refractivity contribution is 0.297. The molecule has 100 valence electrons. The van der Waals surface area contributed by atoms with E-state index in [1.165, 1.54) is 0 Å². The predicted octanol–water partition coefficient (Wildman–Crippen LogP) is 3.25. The summed E-state index contributed by atoms with van der Waals surface area (Å²) >= 11 is 0. The lowest BCUT2D eigenvalue weighted by atomic mass is 10.1. The Morgan fingerprint density at radius 1 is 1.15 bits per heavy atom. The second-order valence-corrected chi connectivity index (χ2v) is 4.45. The molecule has 0 fully saturated rings. The standard InChI is InChI=1S/C16H15N3O/c1-17-14-4-5-15-13(9-14)6-8-19-16(15)20-11-12-3-2-7-18-10-12/h2-10,17H,11H2,1H3. The van der Waals surface area contributed by atoms with Gasteiger partial charge >= 0.3 is 0 Å². The van der Waals surface area contributed by atoms with Gasteiger partial charge in [0.05, 0.1) is 0 Å². The van der Waals surface area contributed by atoms with Crippen molar-refractivity contribution in [3.05, 3.63) is 60.6 Å². The van der Waals surface area contributed by atoms with Crippen molar-refractivity contribution in [3.63, 3.8) is 0 Å². The van der Waals surface area contributed by atoms with Crippen LogP contribution in [0.5, 0.6) is 5.88 Å². The van der Waals surface area contributed by atoms with E-state index in [-0.39, 0.29) is 0 Å². The van der Waals surface area contributed by atoms with Crippen molar-refractivity contribution in [2.24, 2.45) is 0 Å². The van der Waals surface area contributed by atoms with Crippen LogP contribution in [0, 0.1) is 0 Å². The van der Waals surface area contributed by atoms with Crippen molar-refractivity contribution >= 4 is 16.5 Å². The van der Waals surface area contributed by atoms with Gasteiger partial charge in [-0.2, -0.15) is 0 Å². The van der Waals surface area contributed by atoms with Crippen LogP contribution in [0.1, 0.15) is 5.56 Å². The van der Waals surface area contributed by atoms with Gasteiger partial charge in [-0.05, 0) is 35.7 Å². The van der Waals surface area contributed by atoms with Crippen LogP contribution in [-0.2, 0) is 6.61 Å². The molecule has 0 aliphatic heterocycles. The van der Waals surface area contributed by atoms with E-state index in [0.29, 0.717) is 12.5 Å². The number of benzene rings is 1. The summed E-state index contributed by atoms with van der Waals surface area (Å²) in [5, 5.41) is 5.24. The minimum Gasteiger partial charge on any atom is -0.472 e. The van der Waals surface area contributed by atoms with E-state index in [4.69, 9.17) is 4.74 Å². The van der Waals surface area contributed by atoms with E-state index >= 15 is 0 Å². The normalized spacial score (nSPS) is 10.4. The minimum absolute atomic E-state index is 0.466. The molecule has 4 heteroatoms. The van der Waals surface area contributed by atoms with Crippen molar-refractivity contribution in [3.8, 4) is 5.88 Å². The van der Waals surface area contributed by atoms with Gasteiger partial charge in [0.1, 0.15) is 6.61 Å². The van der Waals surface area contributed by atoms with Crippen LogP contribution >= 0.6 is 0 Å². The lowest BCUT2D eigenvalue weighted by Crippen LogP contribution is -1.98. The van der Waals surface area contributed by atoms with E-state index in [0.717, 1.165) is 22.0 Å². The molecule has 3 aromatic rings. The number of rotatable bonds is 4. The first-order chi connectivity index (χ1) is 9.86. The lowest BCUT2D eigenvalue weighted by Gasteiger charge is -2.09. The van der Waals surface area contributed by atoms with Gasteiger partial charge in [0.2, 0.25) is 5.88 Å². The van der Waals surface area contributed by atoms with E-state index in [1.54, 1.807) is 18.6 Å². The van der Waals surface area contributed by atoms with E-state index in [9.17, 15) is 0 Å². The molecule has 0 amide bonds. The van der Waals surface area contributed by atoms with Crippen LogP contribution in [0.3, 0.4) is 0 Å². The monoisotopic (exact) mass is 265 g/mol. The number of aromatic nitrogens is 2. The summed E-state index contributed by atoms with van der Waals surface area (Å²) in [6.07, 6.45) is 5.31. The van der Waals surface area contributed by atoms with Gasteiger partial charge in [-0.15, -0.1) is 0 Å². The maximum Gasteiger partial charge on any atom is 0.221 e. The molecule has 0 aliphatic rings. The van der Waals surface area contributed by atoms with Crippen LogP contribution in [0.15, 0.2) is 55.0 Å². The van der Waals surface area contributed by atoms with Crippen LogP contribution in [-0.4, -0.2) is 17.0 Å². The molecular formula is C16H15N3O. The van der Waals surface area contributed by atoms with Crippen molar-refractivity contribution < 1.29 is 4.74 Å². The third-order valence-electron chi connectivity index (χ3n) is 3.11. The molecule has 20 heavy (non-hydrogen) atoms. The van der Waals surface area contributed by atoms with Gasteiger partial charge in [-0.1, -0.05) is 6.07 Å². The Morgan fingerprint density at radius 2 is 2.10 bits per heavy atom. The zero-order chi connectivity index (χ0) is 13.8. The zero-order valence-corrected chi connectivity index (χ0v) is 11.2. The van der Waals surface area contributed by atoms with Gasteiger partial charge in [-0.3, -0.25) is 4.98 Å². The number of ether oxygens (including phenoxy) is 1. The molecule has 0 radical (unpaired) electrons. The Kier molecular flexibility index (Phi) is 3.46. The third kappa shape index (κ3) is 2.54. The molecule has 0 bridgehead atoms. The molecule has 0 unspecified atom stereocenters. The van der Waals surface area contributed by atoms with E-state index < -0.39 is 0 Å². The van der Waals surface area contributed by atoms with Crippen LogP contribution in [0.25, 0.3) is 10.8 Å². The topological polar surface area (TPSA) is 47.0 Å². The Bertz CT molecular complexity index is 713. The molecule has 2 heterocycles. The first kappa shape index (κ1) is 12.4. The fourth-order valence-corrected chi connectivity index (χ4v) is 2.06. The van der Waals surface area contributed by atoms with Gasteiger partial charge in [0, 0.05) is 42.3 Å². The Hall–Kier alpha value is -2.62. The van der Waals surface area contributed by atoms with Gasteiger partial charge in [0.15, 0.2) is 0 Å².